The molecule has 100 valence electrons. The first-order valence-electron chi connectivity index (χ1n) is 5.58. The normalized spacial score (nSPS) is 15.6. The zero-order chi connectivity index (χ0) is 14.0. The van der Waals surface area contributed by atoms with Gasteiger partial charge in [0.2, 0.25) is 0 Å². The molecule has 0 N–H and O–H groups in total. The minimum Gasteiger partial charge on any atom is -0.334 e. The summed E-state index contributed by atoms with van der Waals surface area (Å²) in [6.45, 7) is 3.34. The Balaban J connectivity index is 2.46. The molecule has 1 aromatic carbocycles. The lowest BCUT2D eigenvalue weighted by atomic mass is 10.1. The molecule has 1 nitrogen and oxygen atoms in total. The summed E-state index contributed by atoms with van der Waals surface area (Å²) in [5.74, 6) is 0. The highest BCUT2D eigenvalue weighted by Gasteiger charge is 2.24. The highest BCUT2D eigenvalue weighted by atomic mass is 79.9. The summed E-state index contributed by atoms with van der Waals surface area (Å²) in [6, 6.07) is 7.43. The van der Waals surface area contributed by atoms with Gasteiger partial charge in [-0.25, -0.2) is 8.78 Å². The molecule has 1 aliphatic heterocycles. The number of alkyl halides is 2. The number of allylic oxidation sites excluding steroid dienone is 3. The molecule has 5 heteroatoms. The largest absolute Gasteiger partial charge is 0.334 e. The Morgan fingerprint density at radius 3 is 2.58 bits per heavy atom. The number of benzene rings is 1. The SMILES string of the molecule is C=C1C(Cl)=CC=C(c2ccccc2Br)N1CC(F)F. The van der Waals surface area contributed by atoms with E-state index < -0.39 is 13.0 Å². The molecule has 1 aliphatic rings. The van der Waals surface area contributed by atoms with Crippen LogP contribution in [0.2, 0.25) is 0 Å². The van der Waals surface area contributed by atoms with Gasteiger partial charge in [-0.3, -0.25) is 0 Å². The van der Waals surface area contributed by atoms with Crippen molar-refractivity contribution in [1.82, 2.24) is 4.90 Å². The Hall–Kier alpha value is -1.13. The van der Waals surface area contributed by atoms with E-state index in [9.17, 15) is 8.78 Å². The van der Waals surface area contributed by atoms with E-state index in [-0.39, 0.29) is 0 Å². The van der Waals surface area contributed by atoms with E-state index in [1.807, 2.05) is 24.3 Å². The molecule has 0 unspecified atom stereocenters. The van der Waals surface area contributed by atoms with Gasteiger partial charge in [-0.05, 0) is 18.2 Å². The van der Waals surface area contributed by atoms with Crippen molar-refractivity contribution in [1.29, 1.82) is 0 Å². The van der Waals surface area contributed by atoms with Crippen molar-refractivity contribution in [2.45, 2.75) is 6.43 Å². The molecule has 0 fully saturated rings. The highest BCUT2D eigenvalue weighted by molar-refractivity contribution is 9.10. The molecular weight excluding hydrogens is 336 g/mol. The summed E-state index contributed by atoms with van der Waals surface area (Å²) in [4.78, 5) is 1.44. The maximum Gasteiger partial charge on any atom is 0.256 e. The lowest BCUT2D eigenvalue weighted by Gasteiger charge is -2.31. The molecule has 1 aromatic rings. The van der Waals surface area contributed by atoms with Crippen LogP contribution in [0.4, 0.5) is 8.78 Å². The van der Waals surface area contributed by atoms with Gasteiger partial charge in [0.05, 0.1) is 17.3 Å². The summed E-state index contributed by atoms with van der Waals surface area (Å²) in [5.41, 5.74) is 1.86. The second-order valence-corrected chi connectivity index (χ2v) is 5.26. The number of nitrogens with zero attached hydrogens (tertiary/aromatic N) is 1. The van der Waals surface area contributed by atoms with E-state index in [0.717, 1.165) is 10.0 Å². The molecular formula is C14H11BrClF2N. The molecule has 1 heterocycles. The monoisotopic (exact) mass is 345 g/mol. The highest BCUT2D eigenvalue weighted by Crippen LogP contribution is 2.35. The second kappa shape index (κ2) is 5.88. The molecule has 0 spiro atoms. The summed E-state index contributed by atoms with van der Waals surface area (Å²) in [7, 11) is 0. The van der Waals surface area contributed by atoms with Crippen LogP contribution in [0.25, 0.3) is 5.70 Å². The van der Waals surface area contributed by atoms with E-state index in [2.05, 4.69) is 22.5 Å². The summed E-state index contributed by atoms with van der Waals surface area (Å²) >= 11 is 9.38. The average molecular weight is 347 g/mol. The third-order valence-corrected chi connectivity index (χ3v) is 3.79. The van der Waals surface area contributed by atoms with Crippen molar-refractivity contribution in [3.63, 3.8) is 0 Å². The van der Waals surface area contributed by atoms with Crippen molar-refractivity contribution in [3.05, 3.63) is 63.8 Å². The fraction of sp³-hybridized carbons (Fsp3) is 0.143. The Bertz CT molecular complexity index is 566. The van der Waals surface area contributed by atoms with E-state index in [1.165, 1.54) is 4.90 Å². The Morgan fingerprint density at radius 1 is 1.26 bits per heavy atom. The van der Waals surface area contributed by atoms with Gasteiger partial charge in [0, 0.05) is 15.7 Å². The topological polar surface area (TPSA) is 3.24 Å². The first-order chi connectivity index (χ1) is 9.00. The van der Waals surface area contributed by atoms with E-state index in [0.29, 0.717) is 16.4 Å². The second-order valence-electron chi connectivity index (χ2n) is 3.99. The van der Waals surface area contributed by atoms with Crippen LogP contribution in [-0.4, -0.2) is 17.9 Å². The van der Waals surface area contributed by atoms with Crippen LogP contribution in [0.5, 0.6) is 0 Å². The van der Waals surface area contributed by atoms with E-state index in [4.69, 9.17) is 11.6 Å². The van der Waals surface area contributed by atoms with Crippen molar-refractivity contribution in [2.75, 3.05) is 6.54 Å². The fourth-order valence-electron chi connectivity index (χ4n) is 1.86. The maximum atomic E-state index is 12.7. The Kier molecular flexibility index (Phi) is 4.42. The van der Waals surface area contributed by atoms with Crippen LogP contribution < -0.4 is 0 Å². The standard InChI is InChI=1S/C14H11BrClF2N/c1-9-12(16)6-7-13(19(9)8-14(17)18)10-4-2-3-5-11(10)15/h2-7,14H,1,8H2. The summed E-state index contributed by atoms with van der Waals surface area (Å²) in [6.07, 6.45) is 0.922. The molecule has 0 aliphatic carbocycles. The van der Waals surface area contributed by atoms with Crippen LogP contribution in [0.1, 0.15) is 5.56 Å². The number of hydrogen-bond acceptors (Lipinski definition) is 1. The average Bonchev–Trinajstić information content (AvgIpc) is 2.36. The molecule has 0 aromatic heterocycles. The van der Waals surface area contributed by atoms with Crippen LogP contribution in [-0.2, 0) is 0 Å². The van der Waals surface area contributed by atoms with Gasteiger partial charge in [-0.15, -0.1) is 0 Å². The molecule has 0 saturated heterocycles. The minimum absolute atomic E-state index is 0.372. The molecule has 0 radical (unpaired) electrons. The number of halogens is 4. The maximum absolute atomic E-state index is 12.7. The van der Waals surface area contributed by atoms with Gasteiger partial charge in [0.25, 0.3) is 6.43 Å². The molecule has 2 rings (SSSR count). The van der Waals surface area contributed by atoms with Gasteiger partial charge in [0.1, 0.15) is 0 Å². The lowest BCUT2D eigenvalue weighted by molar-refractivity contribution is 0.123. The Labute approximate surface area is 124 Å². The van der Waals surface area contributed by atoms with Gasteiger partial charge in [0.15, 0.2) is 0 Å². The van der Waals surface area contributed by atoms with Crippen molar-refractivity contribution >= 4 is 33.2 Å². The van der Waals surface area contributed by atoms with Gasteiger partial charge >= 0.3 is 0 Å². The predicted octanol–water partition coefficient (Wildman–Crippen LogP) is 5.01. The van der Waals surface area contributed by atoms with Gasteiger partial charge in [-0.1, -0.05) is 52.3 Å². The molecule has 0 saturated carbocycles. The molecule has 0 bridgehead atoms. The van der Waals surface area contributed by atoms with Crippen LogP contribution in [0.3, 0.4) is 0 Å². The molecule has 0 amide bonds. The third kappa shape index (κ3) is 3.07. The van der Waals surface area contributed by atoms with Gasteiger partial charge < -0.3 is 4.90 Å². The van der Waals surface area contributed by atoms with Crippen molar-refractivity contribution in [2.24, 2.45) is 0 Å². The van der Waals surface area contributed by atoms with Crippen molar-refractivity contribution in [3.8, 4) is 0 Å². The zero-order valence-corrected chi connectivity index (χ0v) is 12.3. The smallest absolute Gasteiger partial charge is 0.256 e. The first-order valence-corrected chi connectivity index (χ1v) is 6.75. The third-order valence-electron chi connectivity index (χ3n) is 2.75. The minimum atomic E-state index is -2.47. The van der Waals surface area contributed by atoms with Crippen LogP contribution in [0.15, 0.2) is 58.2 Å². The quantitative estimate of drug-likeness (QED) is 0.744. The zero-order valence-electron chi connectivity index (χ0n) is 9.91. The van der Waals surface area contributed by atoms with Gasteiger partial charge in [-0.2, -0.15) is 0 Å². The number of hydrogen-bond donors (Lipinski definition) is 0. The summed E-state index contributed by atoms with van der Waals surface area (Å²) in [5, 5.41) is 0.372. The predicted molar refractivity (Wildman–Crippen MR) is 77.9 cm³/mol. The van der Waals surface area contributed by atoms with E-state index >= 15 is 0 Å². The molecule has 0 atom stereocenters. The molecule has 19 heavy (non-hydrogen) atoms. The number of rotatable bonds is 3. The lowest BCUT2D eigenvalue weighted by Crippen LogP contribution is -2.28. The first kappa shape index (κ1) is 14.3. The summed E-state index contributed by atoms with van der Waals surface area (Å²) < 4.78 is 26.3. The van der Waals surface area contributed by atoms with E-state index in [1.54, 1.807) is 12.2 Å². The van der Waals surface area contributed by atoms with Crippen molar-refractivity contribution < 1.29 is 8.78 Å². The Morgan fingerprint density at radius 2 is 1.95 bits per heavy atom. The fourth-order valence-corrected chi connectivity index (χ4v) is 2.52. The van der Waals surface area contributed by atoms with Crippen LogP contribution in [0, 0.1) is 0 Å². The van der Waals surface area contributed by atoms with Crippen LogP contribution >= 0.6 is 27.5 Å².